The third-order valence-corrected chi connectivity index (χ3v) is 5.98. The number of aromatic nitrogens is 1. The van der Waals surface area contributed by atoms with Gasteiger partial charge in [-0.1, -0.05) is 43.6 Å². The Bertz CT molecular complexity index is 1060. The first kappa shape index (κ1) is 22.4. The normalized spacial score (nSPS) is 15.9. The lowest BCUT2D eigenvalue weighted by molar-refractivity contribution is 0.216. The summed E-state index contributed by atoms with van der Waals surface area (Å²) >= 11 is 6.19. The molecule has 4 rings (SSSR count). The molecule has 0 saturated carbocycles. The Labute approximate surface area is 194 Å². The van der Waals surface area contributed by atoms with E-state index in [1.807, 2.05) is 30.3 Å². The molecule has 6 heteroatoms. The van der Waals surface area contributed by atoms with Crippen LogP contribution in [0.1, 0.15) is 37.3 Å². The molecule has 1 aliphatic heterocycles. The fourth-order valence-electron chi connectivity index (χ4n) is 4.09. The summed E-state index contributed by atoms with van der Waals surface area (Å²) in [6.45, 7) is 6.00. The van der Waals surface area contributed by atoms with Crippen LogP contribution in [-0.2, 0) is 6.42 Å². The van der Waals surface area contributed by atoms with E-state index in [9.17, 15) is 5.11 Å². The van der Waals surface area contributed by atoms with Crippen LogP contribution in [0.4, 0.5) is 5.69 Å². The SMILES string of the molecule is CC(C)c1ccccc1Oc1ccc(N2CCC(Oc3ncccc3Cl)C2)c(CCO)c1. The van der Waals surface area contributed by atoms with E-state index < -0.39 is 0 Å². The second kappa shape index (κ2) is 10.2. The molecule has 0 bridgehead atoms. The van der Waals surface area contributed by atoms with E-state index in [1.165, 1.54) is 5.56 Å². The number of hydrogen-bond donors (Lipinski definition) is 1. The van der Waals surface area contributed by atoms with Gasteiger partial charge in [-0.05, 0) is 59.9 Å². The van der Waals surface area contributed by atoms with Crippen molar-refractivity contribution in [3.05, 3.63) is 76.9 Å². The molecule has 0 aliphatic carbocycles. The van der Waals surface area contributed by atoms with Gasteiger partial charge in [0.1, 0.15) is 22.6 Å². The molecule has 1 aliphatic rings. The minimum Gasteiger partial charge on any atom is -0.471 e. The molecule has 0 radical (unpaired) electrons. The van der Waals surface area contributed by atoms with E-state index in [0.717, 1.165) is 42.3 Å². The Morgan fingerprint density at radius 2 is 2.00 bits per heavy atom. The average molecular weight is 453 g/mol. The number of ether oxygens (including phenoxy) is 2. The first-order chi connectivity index (χ1) is 15.5. The zero-order chi connectivity index (χ0) is 22.5. The lowest BCUT2D eigenvalue weighted by Crippen LogP contribution is -2.25. The molecule has 1 saturated heterocycles. The summed E-state index contributed by atoms with van der Waals surface area (Å²) in [5.41, 5.74) is 3.33. The summed E-state index contributed by atoms with van der Waals surface area (Å²) in [7, 11) is 0. The largest absolute Gasteiger partial charge is 0.471 e. The van der Waals surface area contributed by atoms with E-state index in [4.69, 9.17) is 21.1 Å². The molecule has 5 nitrogen and oxygen atoms in total. The van der Waals surface area contributed by atoms with Crippen LogP contribution in [0.5, 0.6) is 17.4 Å². The van der Waals surface area contributed by atoms with E-state index in [2.05, 4.69) is 35.9 Å². The monoisotopic (exact) mass is 452 g/mol. The van der Waals surface area contributed by atoms with E-state index >= 15 is 0 Å². The summed E-state index contributed by atoms with van der Waals surface area (Å²) in [5.74, 6) is 2.49. The van der Waals surface area contributed by atoms with Crippen LogP contribution in [0.2, 0.25) is 5.02 Å². The molecule has 3 aromatic rings. The maximum absolute atomic E-state index is 9.65. The fourth-order valence-corrected chi connectivity index (χ4v) is 4.26. The molecule has 1 aromatic heterocycles. The average Bonchev–Trinajstić information content (AvgIpc) is 3.24. The van der Waals surface area contributed by atoms with Gasteiger partial charge in [0.05, 0.1) is 6.54 Å². The summed E-state index contributed by atoms with van der Waals surface area (Å²) in [5, 5.41) is 10.2. The molecular weight excluding hydrogens is 424 g/mol. The predicted octanol–water partition coefficient (Wildman–Crippen LogP) is 5.84. The zero-order valence-corrected chi connectivity index (χ0v) is 19.3. The van der Waals surface area contributed by atoms with Crippen molar-refractivity contribution in [2.24, 2.45) is 0 Å². The highest BCUT2D eigenvalue weighted by atomic mass is 35.5. The number of hydrogen-bond acceptors (Lipinski definition) is 5. The van der Waals surface area contributed by atoms with E-state index in [-0.39, 0.29) is 12.7 Å². The van der Waals surface area contributed by atoms with Crippen LogP contribution in [0.25, 0.3) is 0 Å². The smallest absolute Gasteiger partial charge is 0.232 e. The number of halogens is 1. The molecule has 1 atom stereocenters. The Balaban J connectivity index is 1.51. The molecule has 1 N–H and O–H groups in total. The van der Waals surface area contributed by atoms with Crippen molar-refractivity contribution in [3.8, 4) is 17.4 Å². The number of pyridine rings is 1. The van der Waals surface area contributed by atoms with Crippen molar-refractivity contribution in [1.82, 2.24) is 4.98 Å². The number of aliphatic hydroxyl groups excluding tert-OH is 1. The van der Waals surface area contributed by atoms with Crippen LogP contribution in [-0.4, -0.2) is 35.9 Å². The second-order valence-electron chi connectivity index (χ2n) is 8.32. The van der Waals surface area contributed by atoms with Crippen LogP contribution < -0.4 is 14.4 Å². The van der Waals surface area contributed by atoms with E-state index in [1.54, 1.807) is 18.3 Å². The lowest BCUT2D eigenvalue weighted by atomic mass is 10.0. The second-order valence-corrected chi connectivity index (χ2v) is 8.73. The fraction of sp³-hybridized carbons (Fsp3) is 0.346. The van der Waals surface area contributed by atoms with Crippen LogP contribution in [0.3, 0.4) is 0 Å². The number of para-hydroxylation sites is 1. The molecule has 0 spiro atoms. The van der Waals surface area contributed by atoms with Crippen molar-refractivity contribution in [2.75, 3.05) is 24.6 Å². The Hall–Kier alpha value is -2.76. The van der Waals surface area contributed by atoms with Gasteiger partial charge in [-0.2, -0.15) is 0 Å². The number of benzene rings is 2. The molecule has 2 aromatic carbocycles. The third kappa shape index (κ3) is 5.17. The van der Waals surface area contributed by atoms with Crippen LogP contribution >= 0.6 is 11.6 Å². The topological polar surface area (TPSA) is 54.8 Å². The highest BCUT2D eigenvalue weighted by molar-refractivity contribution is 6.31. The molecule has 0 amide bonds. The van der Waals surface area contributed by atoms with Crippen molar-refractivity contribution < 1.29 is 14.6 Å². The first-order valence-corrected chi connectivity index (χ1v) is 11.5. The van der Waals surface area contributed by atoms with Gasteiger partial charge in [-0.15, -0.1) is 0 Å². The molecule has 32 heavy (non-hydrogen) atoms. The van der Waals surface area contributed by atoms with Gasteiger partial charge in [-0.25, -0.2) is 4.98 Å². The van der Waals surface area contributed by atoms with Crippen molar-refractivity contribution in [3.63, 3.8) is 0 Å². The lowest BCUT2D eigenvalue weighted by Gasteiger charge is -2.23. The van der Waals surface area contributed by atoms with Crippen molar-refractivity contribution >= 4 is 17.3 Å². The van der Waals surface area contributed by atoms with Gasteiger partial charge in [0.25, 0.3) is 0 Å². The number of anilines is 1. The summed E-state index contributed by atoms with van der Waals surface area (Å²) in [4.78, 5) is 6.53. The van der Waals surface area contributed by atoms with Gasteiger partial charge in [-0.3, -0.25) is 0 Å². The summed E-state index contributed by atoms with van der Waals surface area (Å²) in [6.07, 6.45) is 3.14. The number of rotatable bonds is 8. The first-order valence-electron chi connectivity index (χ1n) is 11.1. The quantitative estimate of drug-likeness (QED) is 0.465. The highest BCUT2D eigenvalue weighted by Gasteiger charge is 2.27. The maximum atomic E-state index is 9.65. The van der Waals surface area contributed by atoms with Gasteiger partial charge < -0.3 is 19.5 Å². The van der Waals surface area contributed by atoms with Gasteiger partial charge in [0.15, 0.2) is 0 Å². The summed E-state index contributed by atoms with van der Waals surface area (Å²) < 4.78 is 12.3. The van der Waals surface area contributed by atoms with Gasteiger partial charge in [0, 0.05) is 31.5 Å². The van der Waals surface area contributed by atoms with Gasteiger partial charge >= 0.3 is 0 Å². The molecule has 1 fully saturated rings. The highest BCUT2D eigenvalue weighted by Crippen LogP contribution is 2.34. The Kier molecular flexibility index (Phi) is 7.18. The third-order valence-electron chi connectivity index (χ3n) is 5.69. The Morgan fingerprint density at radius 3 is 2.78 bits per heavy atom. The number of nitrogens with zero attached hydrogens (tertiary/aromatic N) is 2. The minimum absolute atomic E-state index is 0.0122. The molecule has 1 unspecified atom stereocenters. The van der Waals surface area contributed by atoms with Gasteiger partial charge in [0.2, 0.25) is 5.88 Å². The molecule has 168 valence electrons. The standard InChI is InChI=1S/C26H29ClN2O3/c1-18(2)22-6-3-4-8-25(22)31-20-9-10-24(19(16-20)12-15-30)29-14-11-21(17-29)32-26-23(27)7-5-13-28-26/h3-10,13,16,18,21,30H,11-12,14-15,17H2,1-2H3. The minimum atomic E-state index is 0.0122. The van der Waals surface area contributed by atoms with Crippen LogP contribution in [0, 0.1) is 0 Å². The molecule has 2 heterocycles. The Morgan fingerprint density at radius 1 is 1.16 bits per heavy atom. The zero-order valence-electron chi connectivity index (χ0n) is 18.5. The van der Waals surface area contributed by atoms with Crippen LogP contribution in [0.15, 0.2) is 60.8 Å². The maximum Gasteiger partial charge on any atom is 0.232 e. The summed E-state index contributed by atoms with van der Waals surface area (Å²) in [6, 6.07) is 17.8. The van der Waals surface area contributed by atoms with E-state index in [0.29, 0.717) is 23.2 Å². The predicted molar refractivity (Wildman–Crippen MR) is 128 cm³/mol. The van der Waals surface area contributed by atoms with Crippen molar-refractivity contribution in [2.45, 2.75) is 38.7 Å². The number of aliphatic hydroxyl groups is 1. The molecular formula is C26H29ClN2O3. The van der Waals surface area contributed by atoms with Crippen molar-refractivity contribution in [1.29, 1.82) is 0 Å².